The SMILES string of the molecule is CCc1ccc(-n2c(=O)c3c4c(sc3n(CC(=O)N(C)c3ccccc3)c2=O)CCCC4)cc1. The molecule has 0 saturated carbocycles. The smallest absolute Gasteiger partial charge is 0.314 e. The first-order chi connectivity index (χ1) is 16.5. The van der Waals surface area contributed by atoms with Crippen LogP contribution >= 0.6 is 11.3 Å². The van der Waals surface area contributed by atoms with E-state index in [0.29, 0.717) is 15.9 Å². The summed E-state index contributed by atoms with van der Waals surface area (Å²) in [6.07, 6.45) is 4.71. The van der Waals surface area contributed by atoms with E-state index in [1.807, 2.05) is 54.6 Å². The first-order valence-electron chi connectivity index (χ1n) is 11.7. The molecular weight excluding hydrogens is 446 g/mol. The normalized spacial score (nSPS) is 13.1. The van der Waals surface area contributed by atoms with Gasteiger partial charge in [-0.1, -0.05) is 37.3 Å². The van der Waals surface area contributed by atoms with Gasteiger partial charge >= 0.3 is 5.69 Å². The summed E-state index contributed by atoms with van der Waals surface area (Å²) in [6.45, 7) is 1.93. The number of aromatic nitrogens is 2. The number of benzene rings is 2. The average molecular weight is 474 g/mol. The van der Waals surface area contributed by atoms with Crippen LogP contribution in [-0.4, -0.2) is 22.1 Å². The summed E-state index contributed by atoms with van der Waals surface area (Å²) < 4.78 is 2.73. The van der Waals surface area contributed by atoms with Gasteiger partial charge in [0.15, 0.2) is 0 Å². The van der Waals surface area contributed by atoms with Crippen molar-refractivity contribution in [2.45, 2.75) is 45.6 Å². The maximum atomic E-state index is 13.7. The fourth-order valence-electron chi connectivity index (χ4n) is 4.65. The predicted molar refractivity (Wildman–Crippen MR) is 138 cm³/mol. The molecule has 0 unspecified atom stereocenters. The highest BCUT2D eigenvalue weighted by atomic mass is 32.1. The van der Waals surface area contributed by atoms with Gasteiger partial charge in [0.25, 0.3) is 5.56 Å². The number of rotatable bonds is 5. The molecule has 1 amide bonds. The van der Waals surface area contributed by atoms with Gasteiger partial charge in [-0.3, -0.25) is 14.2 Å². The van der Waals surface area contributed by atoms with Crippen molar-refractivity contribution < 1.29 is 4.79 Å². The Balaban J connectivity index is 1.70. The molecule has 1 aliphatic carbocycles. The molecule has 0 bridgehead atoms. The predicted octanol–water partition coefficient (Wildman–Crippen LogP) is 4.32. The highest BCUT2D eigenvalue weighted by Crippen LogP contribution is 2.34. The van der Waals surface area contributed by atoms with Crippen LogP contribution in [0.25, 0.3) is 15.9 Å². The number of aryl methyl sites for hydroxylation is 3. The van der Waals surface area contributed by atoms with Crippen molar-refractivity contribution in [3.8, 4) is 5.69 Å². The monoisotopic (exact) mass is 473 g/mol. The number of hydrogen-bond donors (Lipinski definition) is 0. The molecule has 0 aliphatic heterocycles. The molecule has 0 saturated heterocycles. The van der Waals surface area contributed by atoms with Gasteiger partial charge in [0, 0.05) is 17.6 Å². The van der Waals surface area contributed by atoms with Crippen molar-refractivity contribution in [2.75, 3.05) is 11.9 Å². The molecule has 2 aromatic heterocycles. The van der Waals surface area contributed by atoms with Crippen LogP contribution in [0.5, 0.6) is 0 Å². The molecule has 4 aromatic rings. The van der Waals surface area contributed by atoms with Crippen LogP contribution in [0.1, 0.15) is 35.8 Å². The van der Waals surface area contributed by atoms with Crippen molar-refractivity contribution in [1.29, 1.82) is 0 Å². The maximum absolute atomic E-state index is 13.7. The molecule has 2 heterocycles. The minimum Gasteiger partial charge on any atom is -0.314 e. The summed E-state index contributed by atoms with van der Waals surface area (Å²) in [5, 5.41) is 0.592. The second-order valence-electron chi connectivity index (χ2n) is 8.71. The Morgan fingerprint density at radius 1 is 1.00 bits per heavy atom. The molecule has 0 spiro atoms. The Morgan fingerprint density at radius 3 is 2.41 bits per heavy atom. The summed E-state index contributed by atoms with van der Waals surface area (Å²) in [5.41, 5.74) is 2.70. The van der Waals surface area contributed by atoms with E-state index >= 15 is 0 Å². The second kappa shape index (κ2) is 9.06. The van der Waals surface area contributed by atoms with E-state index < -0.39 is 5.69 Å². The minimum atomic E-state index is -0.477. The van der Waals surface area contributed by atoms with E-state index in [-0.39, 0.29) is 18.0 Å². The van der Waals surface area contributed by atoms with Crippen LogP contribution in [0.3, 0.4) is 0 Å². The number of nitrogens with zero attached hydrogens (tertiary/aromatic N) is 3. The summed E-state index contributed by atoms with van der Waals surface area (Å²) in [4.78, 5) is 44.0. The number of thiophene rings is 1. The third-order valence-electron chi connectivity index (χ3n) is 6.65. The van der Waals surface area contributed by atoms with Gasteiger partial charge in [0.1, 0.15) is 11.4 Å². The highest BCUT2D eigenvalue weighted by molar-refractivity contribution is 7.18. The van der Waals surface area contributed by atoms with E-state index in [1.54, 1.807) is 11.9 Å². The molecule has 0 radical (unpaired) electrons. The van der Waals surface area contributed by atoms with E-state index in [0.717, 1.165) is 53.8 Å². The summed E-state index contributed by atoms with van der Waals surface area (Å²) in [6, 6.07) is 16.9. The largest absolute Gasteiger partial charge is 0.337 e. The number of anilines is 1. The van der Waals surface area contributed by atoms with Gasteiger partial charge in [-0.15, -0.1) is 11.3 Å². The zero-order valence-corrected chi connectivity index (χ0v) is 20.2. The van der Waals surface area contributed by atoms with E-state index in [9.17, 15) is 14.4 Å². The molecule has 6 nitrogen and oxygen atoms in total. The number of para-hydroxylation sites is 1. The first-order valence-corrected chi connectivity index (χ1v) is 12.5. The van der Waals surface area contributed by atoms with Crippen molar-refractivity contribution in [1.82, 2.24) is 9.13 Å². The molecule has 0 fully saturated rings. The second-order valence-corrected chi connectivity index (χ2v) is 9.79. The topological polar surface area (TPSA) is 64.3 Å². The number of fused-ring (bicyclic) bond motifs is 3. The van der Waals surface area contributed by atoms with Crippen LogP contribution in [-0.2, 0) is 30.6 Å². The molecule has 1 aliphatic rings. The van der Waals surface area contributed by atoms with E-state index in [2.05, 4.69) is 6.92 Å². The van der Waals surface area contributed by atoms with E-state index in [4.69, 9.17) is 0 Å². The fourth-order valence-corrected chi connectivity index (χ4v) is 6.03. The van der Waals surface area contributed by atoms with Crippen LogP contribution in [0.4, 0.5) is 5.69 Å². The van der Waals surface area contributed by atoms with Crippen LogP contribution in [0.15, 0.2) is 64.2 Å². The van der Waals surface area contributed by atoms with Gasteiger partial charge in [-0.2, -0.15) is 0 Å². The Morgan fingerprint density at radius 2 is 1.71 bits per heavy atom. The minimum absolute atomic E-state index is 0.132. The van der Waals surface area contributed by atoms with Gasteiger partial charge < -0.3 is 4.90 Å². The third kappa shape index (κ3) is 3.80. The lowest BCUT2D eigenvalue weighted by atomic mass is 9.97. The lowest BCUT2D eigenvalue weighted by Crippen LogP contribution is -2.42. The van der Waals surface area contributed by atoms with Crippen LogP contribution in [0.2, 0.25) is 0 Å². The first kappa shape index (κ1) is 22.3. The molecule has 7 heteroatoms. The number of amides is 1. The molecule has 0 atom stereocenters. The van der Waals surface area contributed by atoms with Crippen molar-refractivity contribution in [2.24, 2.45) is 0 Å². The Labute approximate surface area is 201 Å². The van der Waals surface area contributed by atoms with Crippen LogP contribution in [0, 0.1) is 0 Å². The average Bonchev–Trinajstić information content (AvgIpc) is 3.27. The quantitative estimate of drug-likeness (QED) is 0.434. The van der Waals surface area contributed by atoms with Gasteiger partial charge in [-0.25, -0.2) is 9.36 Å². The van der Waals surface area contributed by atoms with Gasteiger partial charge in [0.2, 0.25) is 5.91 Å². The van der Waals surface area contributed by atoms with Gasteiger partial charge in [-0.05, 0) is 67.5 Å². The molecule has 0 N–H and O–H groups in total. The Kier molecular flexibility index (Phi) is 5.96. The lowest BCUT2D eigenvalue weighted by Gasteiger charge is -2.19. The zero-order valence-electron chi connectivity index (χ0n) is 19.4. The standard InChI is InChI=1S/C27H27N3O3S/c1-3-18-13-15-20(16-14-18)30-25(32)24-21-11-7-8-12-22(21)34-26(24)29(27(30)33)17-23(31)28(2)19-9-5-4-6-10-19/h4-6,9-10,13-16H,3,7-8,11-12,17H2,1-2H3. The number of hydrogen-bond acceptors (Lipinski definition) is 4. The molecule has 2 aromatic carbocycles. The molecule has 5 rings (SSSR count). The van der Waals surface area contributed by atoms with Gasteiger partial charge in [0.05, 0.1) is 11.1 Å². The van der Waals surface area contributed by atoms with Crippen LogP contribution < -0.4 is 16.1 Å². The Bertz CT molecular complexity index is 1480. The molecular formula is C27H27N3O3S. The van der Waals surface area contributed by atoms with Crippen molar-refractivity contribution in [3.05, 3.63) is 91.4 Å². The summed E-state index contributed by atoms with van der Waals surface area (Å²) >= 11 is 1.49. The fraction of sp³-hybridized carbons (Fsp3) is 0.296. The number of carbonyl (C=O) groups excluding carboxylic acids is 1. The lowest BCUT2D eigenvalue weighted by molar-refractivity contribution is -0.118. The maximum Gasteiger partial charge on any atom is 0.337 e. The summed E-state index contributed by atoms with van der Waals surface area (Å²) in [7, 11) is 1.71. The van der Waals surface area contributed by atoms with Crippen molar-refractivity contribution in [3.63, 3.8) is 0 Å². The molecule has 34 heavy (non-hydrogen) atoms. The third-order valence-corrected chi connectivity index (χ3v) is 7.97. The zero-order chi connectivity index (χ0) is 23.8. The highest BCUT2D eigenvalue weighted by Gasteiger charge is 2.25. The van der Waals surface area contributed by atoms with E-state index in [1.165, 1.54) is 20.5 Å². The van der Waals surface area contributed by atoms with Crippen molar-refractivity contribution >= 4 is 33.1 Å². The molecule has 174 valence electrons. The number of carbonyl (C=O) groups is 1. The Hall–Kier alpha value is -3.45. The summed E-state index contributed by atoms with van der Waals surface area (Å²) in [5.74, 6) is -0.215. The number of likely N-dealkylation sites (N-methyl/N-ethyl adjacent to an activating group) is 1.